The zero-order valence-electron chi connectivity index (χ0n) is 27.0. The van der Waals surface area contributed by atoms with E-state index in [1.54, 1.807) is 17.3 Å². The number of amides is 2. The first-order valence-electron chi connectivity index (χ1n) is 16.2. The Morgan fingerprint density at radius 2 is 1.74 bits per heavy atom. The number of nitrogens with zero attached hydrogens (tertiary/aromatic N) is 4. The Labute approximate surface area is 269 Å². The van der Waals surface area contributed by atoms with Crippen LogP contribution in [0.4, 0.5) is 16.4 Å². The Balaban J connectivity index is 1.23. The Bertz CT molecular complexity index is 1730. The van der Waals surface area contributed by atoms with Crippen molar-refractivity contribution in [1.29, 1.82) is 0 Å². The summed E-state index contributed by atoms with van der Waals surface area (Å²) < 4.78 is 12.2. The van der Waals surface area contributed by atoms with E-state index in [0.29, 0.717) is 41.9 Å². The Morgan fingerprint density at radius 3 is 2.54 bits per heavy atom. The highest BCUT2D eigenvalue weighted by molar-refractivity contribution is 6.05. The second kappa shape index (κ2) is 13.3. The van der Waals surface area contributed by atoms with E-state index in [1.165, 1.54) is 0 Å². The zero-order chi connectivity index (χ0) is 32.3. The van der Waals surface area contributed by atoms with Gasteiger partial charge in [0.25, 0.3) is 0 Å². The summed E-state index contributed by atoms with van der Waals surface area (Å²) in [6.45, 7) is 8.78. The molecule has 10 heteroatoms. The summed E-state index contributed by atoms with van der Waals surface area (Å²) >= 11 is 0. The molecule has 0 radical (unpaired) electrons. The molecular weight excluding hydrogens is 580 g/mol. The number of pyridine rings is 1. The highest BCUT2D eigenvalue weighted by Crippen LogP contribution is 2.39. The van der Waals surface area contributed by atoms with E-state index < -0.39 is 5.60 Å². The van der Waals surface area contributed by atoms with Crippen LogP contribution in [0, 0.1) is 12.8 Å². The zero-order valence-corrected chi connectivity index (χ0v) is 27.0. The quantitative estimate of drug-likeness (QED) is 0.215. The van der Waals surface area contributed by atoms with E-state index in [0.717, 1.165) is 60.5 Å². The lowest BCUT2D eigenvalue weighted by Crippen LogP contribution is -2.47. The van der Waals surface area contributed by atoms with Crippen molar-refractivity contribution < 1.29 is 19.1 Å². The molecule has 2 amide bonds. The van der Waals surface area contributed by atoms with Gasteiger partial charge in [0.1, 0.15) is 11.4 Å². The number of piperidine rings is 1. The van der Waals surface area contributed by atoms with Gasteiger partial charge < -0.3 is 25.0 Å². The molecule has 2 aromatic carbocycles. The van der Waals surface area contributed by atoms with Gasteiger partial charge in [-0.15, -0.1) is 0 Å². The summed E-state index contributed by atoms with van der Waals surface area (Å²) in [6, 6.07) is 15.5. The summed E-state index contributed by atoms with van der Waals surface area (Å²) in [5, 5.41) is 8.38. The lowest BCUT2D eigenvalue weighted by molar-refractivity contribution is -0.119. The summed E-state index contributed by atoms with van der Waals surface area (Å²) in [4.78, 5) is 41.2. The van der Waals surface area contributed by atoms with Gasteiger partial charge in [0, 0.05) is 53.9 Å². The first-order valence-corrected chi connectivity index (χ1v) is 16.2. The van der Waals surface area contributed by atoms with E-state index in [4.69, 9.17) is 14.5 Å². The molecular formula is C36H42N6O4. The molecule has 1 aliphatic carbocycles. The highest BCUT2D eigenvalue weighted by Gasteiger charge is 2.28. The molecule has 1 saturated carbocycles. The lowest BCUT2D eigenvalue weighted by Gasteiger charge is -2.34. The Kier molecular flexibility index (Phi) is 9.05. The van der Waals surface area contributed by atoms with E-state index in [9.17, 15) is 9.59 Å². The number of rotatable bonds is 7. The van der Waals surface area contributed by atoms with Crippen molar-refractivity contribution in [2.75, 3.05) is 23.7 Å². The fourth-order valence-corrected chi connectivity index (χ4v) is 6.22. The number of likely N-dealkylation sites (tertiary alicyclic amines) is 1. The molecule has 1 aliphatic heterocycles. The largest absolute Gasteiger partial charge is 0.444 e. The summed E-state index contributed by atoms with van der Waals surface area (Å²) in [5.41, 5.74) is 2.55. The molecule has 2 fully saturated rings. The fourth-order valence-electron chi connectivity index (χ4n) is 6.22. The predicted octanol–water partition coefficient (Wildman–Crippen LogP) is 7.73. The maximum atomic E-state index is 13.0. The molecule has 10 nitrogen and oxygen atoms in total. The SMILES string of the molecule is Cc1ccc2c(NC(=O)C3CCCC3)cccc2c1Oc1ncccc1-c1ccnc(NC2CCCN(C(=O)OC(C)(C)C)C2)n1. The number of aromatic nitrogens is 3. The first kappa shape index (κ1) is 31.3. The lowest BCUT2D eigenvalue weighted by atomic mass is 10.0. The van der Waals surface area contributed by atoms with Crippen LogP contribution in [0.25, 0.3) is 22.0 Å². The number of hydrogen-bond acceptors (Lipinski definition) is 8. The van der Waals surface area contributed by atoms with Crippen LogP contribution in [0.1, 0.15) is 64.9 Å². The normalized spacial score (nSPS) is 17.1. The second-order valence-corrected chi connectivity index (χ2v) is 13.2. The van der Waals surface area contributed by atoms with Gasteiger partial charge in [-0.3, -0.25) is 4.79 Å². The molecule has 2 aromatic heterocycles. The molecule has 6 rings (SSSR count). The number of fused-ring (bicyclic) bond motifs is 1. The van der Waals surface area contributed by atoms with Crippen molar-refractivity contribution >= 4 is 34.4 Å². The van der Waals surface area contributed by atoms with E-state index in [-0.39, 0.29) is 24.0 Å². The highest BCUT2D eigenvalue weighted by atomic mass is 16.6. The van der Waals surface area contributed by atoms with Crippen molar-refractivity contribution in [3.8, 4) is 22.9 Å². The maximum absolute atomic E-state index is 13.0. The molecule has 1 saturated heterocycles. The smallest absolute Gasteiger partial charge is 0.410 e. The van der Waals surface area contributed by atoms with Gasteiger partial charge in [-0.2, -0.15) is 0 Å². The molecule has 3 heterocycles. The van der Waals surface area contributed by atoms with Crippen LogP contribution < -0.4 is 15.4 Å². The maximum Gasteiger partial charge on any atom is 0.410 e. The number of benzene rings is 2. The van der Waals surface area contributed by atoms with Crippen LogP contribution >= 0.6 is 0 Å². The molecule has 46 heavy (non-hydrogen) atoms. The average Bonchev–Trinajstić information content (AvgIpc) is 3.58. The van der Waals surface area contributed by atoms with Gasteiger partial charge in [0.15, 0.2) is 0 Å². The van der Waals surface area contributed by atoms with E-state index >= 15 is 0 Å². The van der Waals surface area contributed by atoms with Gasteiger partial charge in [-0.25, -0.2) is 19.7 Å². The molecule has 1 atom stereocenters. The number of nitrogens with one attached hydrogen (secondary N) is 2. The van der Waals surface area contributed by atoms with Crippen molar-refractivity contribution in [1.82, 2.24) is 19.9 Å². The van der Waals surface area contributed by atoms with E-state index in [2.05, 4.69) is 20.6 Å². The summed E-state index contributed by atoms with van der Waals surface area (Å²) in [5.74, 6) is 1.70. The molecule has 2 N–H and O–H groups in total. The van der Waals surface area contributed by atoms with Gasteiger partial charge in [-0.05, 0) is 83.2 Å². The average molecular weight is 623 g/mol. The number of aryl methyl sites for hydroxylation is 1. The van der Waals surface area contributed by atoms with Gasteiger partial charge in [0.2, 0.25) is 17.7 Å². The van der Waals surface area contributed by atoms with Gasteiger partial charge in [0.05, 0.1) is 11.3 Å². The standard InChI is InChI=1S/C36H42N6O4/c1-23-16-17-26-27(13-7-15-29(26)40-32(43)24-10-5-6-11-24)31(23)45-33-28(14-8-19-37-33)30-18-20-38-34(41-30)39-25-12-9-21-42(22-25)35(44)46-36(2,3)4/h7-8,13-20,24-25H,5-6,9-12,21-22H2,1-4H3,(H,40,43)(H,38,39,41). The van der Waals surface area contributed by atoms with Crippen molar-refractivity contribution in [3.63, 3.8) is 0 Å². The number of ether oxygens (including phenoxy) is 2. The monoisotopic (exact) mass is 622 g/mol. The molecule has 240 valence electrons. The second-order valence-electron chi connectivity index (χ2n) is 13.2. The Morgan fingerprint density at radius 1 is 0.913 bits per heavy atom. The number of carbonyl (C=O) groups is 2. The minimum absolute atomic E-state index is 0.0113. The third-order valence-corrected chi connectivity index (χ3v) is 8.50. The molecule has 0 spiro atoms. The van der Waals surface area contributed by atoms with Gasteiger partial charge in [-0.1, -0.05) is 37.1 Å². The number of carbonyl (C=O) groups excluding carboxylic acids is 2. The summed E-state index contributed by atoms with van der Waals surface area (Å²) in [6.07, 6.45) is 8.93. The van der Waals surface area contributed by atoms with Crippen molar-refractivity contribution in [2.45, 2.75) is 77.9 Å². The molecule has 0 bridgehead atoms. The van der Waals surface area contributed by atoms with Crippen LogP contribution in [-0.4, -0.2) is 56.6 Å². The summed E-state index contributed by atoms with van der Waals surface area (Å²) in [7, 11) is 0. The van der Waals surface area contributed by atoms with E-state index in [1.807, 2.05) is 76.2 Å². The van der Waals surface area contributed by atoms with Gasteiger partial charge >= 0.3 is 6.09 Å². The Hall–Kier alpha value is -4.73. The van der Waals surface area contributed by atoms with Crippen LogP contribution in [0.5, 0.6) is 11.6 Å². The molecule has 1 unspecified atom stereocenters. The third kappa shape index (κ3) is 7.22. The van der Waals surface area contributed by atoms with Crippen LogP contribution in [-0.2, 0) is 9.53 Å². The molecule has 2 aliphatic rings. The van der Waals surface area contributed by atoms with Crippen LogP contribution in [0.15, 0.2) is 60.9 Å². The van der Waals surface area contributed by atoms with Crippen LogP contribution in [0.3, 0.4) is 0 Å². The minimum Gasteiger partial charge on any atom is -0.444 e. The van der Waals surface area contributed by atoms with Crippen molar-refractivity contribution in [2.24, 2.45) is 5.92 Å². The topological polar surface area (TPSA) is 119 Å². The fraction of sp³-hybridized carbons (Fsp3) is 0.417. The number of hydrogen-bond donors (Lipinski definition) is 2. The minimum atomic E-state index is -0.545. The number of anilines is 2. The first-order chi connectivity index (χ1) is 22.1. The predicted molar refractivity (Wildman–Crippen MR) is 179 cm³/mol. The molecule has 4 aromatic rings. The van der Waals surface area contributed by atoms with Crippen LogP contribution in [0.2, 0.25) is 0 Å². The third-order valence-electron chi connectivity index (χ3n) is 8.50. The van der Waals surface area contributed by atoms with Crippen molar-refractivity contribution in [3.05, 3.63) is 66.5 Å².